The standard InChI is InChI=1S/C14H15N5/c1-9(15)14-10(2)19(18-17-14)12-5-6-13-11(8-12)4-3-7-16-13/h3-9H,15H2,1-2H3. The van der Waals surface area contributed by atoms with E-state index in [1.54, 1.807) is 6.20 Å². The maximum Gasteiger partial charge on any atom is 0.102 e. The first-order chi connectivity index (χ1) is 9.16. The van der Waals surface area contributed by atoms with E-state index < -0.39 is 0 Å². The van der Waals surface area contributed by atoms with Gasteiger partial charge in [0.2, 0.25) is 0 Å². The van der Waals surface area contributed by atoms with Crippen LogP contribution in [0.15, 0.2) is 36.5 Å². The molecule has 0 radical (unpaired) electrons. The van der Waals surface area contributed by atoms with Crippen molar-refractivity contribution in [3.8, 4) is 5.69 Å². The average Bonchev–Trinajstić information content (AvgIpc) is 2.80. The fourth-order valence-corrected chi connectivity index (χ4v) is 2.20. The van der Waals surface area contributed by atoms with Crippen LogP contribution in [0, 0.1) is 6.92 Å². The van der Waals surface area contributed by atoms with Crippen LogP contribution in [0.2, 0.25) is 0 Å². The van der Waals surface area contributed by atoms with E-state index in [0.29, 0.717) is 0 Å². The second-order valence-corrected chi connectivity index (χ2v) is 4.64. The minimum atomic E-state index is -0.115. The van der Waals surface area contributed by atoms with Crippen LogP contribution >= 0.6 is 0 Å². The van der Waals surface area contributed by atoms with Gasteiger partial charge in [-0.25, -0.2) is 4.68 Å². The largest absolute Gasteiger partial charge is 0.323 e. The molecule has 1 atom stereocenters. The molecule has 0 aliphatic carbocycles. The average molecular weight is 253 g/mol. The van der Waals surface area contributed by atoms with Crippen molar-refractivity contribution in [1.29, 1.82) is 0 Å². The van der Waals surface area contributed by atoms with Crippen molar-refractivity contribution in [3.63, 3.8) is 0 Å². The lowest BCUT2D eigenvalue weighted by Crippen LogP contribution is -2.07. The Morgan fingerprint density at radius 3 is 2.84 bits per heavy atom. The summed E-state index contributed by atoms with van der Waals surface area (Å²) in [4.78, 5) is 4.31. The summed E-state index contributed by atoms with van der Waals surface area (Å²) in [7, 11) is 0. The van der Waals surface area contributed by atoms with E-state index in [1.165, 1.54) is 0 Å². The van der Waals surface area contributed by atoms with Crippen LogP contribution < -0.4 is 5.73 Å². The number of rotatable bonds is 2. The van der Waals surface area contributed by atoms with Crippen LogP contribution in [0.5, 0.6) is 0 Å². The highest BCUT2D eigenvalue weighted by Gasteiger charge is 2.13. The highest BCUT2D eigenvalue weighted by Crippen LogP contribution is 2.19. The molecule has 0 fully saturated rings. The van der Waals surface area contributed by atoms with Crippen molar-refractivity contribution in [2.45, 2.75) is 19.9 Å². The first kappa shape index (κ1) is 11.8. The first-order valence-corrected chi connectivity index (χ1v) is 6.20. The van der Waals surface area contributed by atoms with E-state index in [1.807, 2.05) is 42.8 Å². The predicted octanol–water partition coefficient (Wildman–Crippen LogP) is 2.14. The molecule has 2 aromatic heterocycles. The molecule has 0 bridgehead atoms. The Kier molecular flexibility index (Phi) is 2.76. The lowest BCUT2D eigenvalue weighted by atomic mass is 10.2. The number of pyridine rings is 1. The Labute approximate surface area is 111 Å². The molecule has 96 valence electrons. The number of fused-ring (bicyclic) bond motifs is 1. The summed E-state index contributed by atoms with van der Waals surface area (Å²) in [5, 5.41) is 9.41. The second-order valence-electron chi connectivity index (χ2n) is 4.64. The quantitative estimate of drug-likeness (QED) is 0.759. The zero-order chi connectivity index (χ0) is 13.4. The van der Waals surface area contributed by atoms with Gasteiger partial charge in [-0.3, -0.25) is 4.98 Å². The Bertz CT molecular complexity index is 730. The molecule has 0 saturated carbocycles. The van der Waals surface area contributed by atoms with E-state index in [2.05, 4.69) is 21.4 Å². The molecule has 3 aromatic rings. The highest BCUT2D eigenvalue weighted by atomic mass is 15.4. The number of hydrogen-bond donors (Lipinski definition) is 1. The van der Waals surface area contributed by atoms with Gasteiger partial charge in [-0.1, -0.05) is 11.3 Å². The molecule has 0 spiro atoms. The predicted molar refractivity (Wildman–Crippen MR) is 74.0 cm³/mol. The SMILES string of the molecule is Cc1c(C(C)N)nnn1-c1ccc2ncccc2c1. The zero-order valence-electron chi connectivity index (χ0n) is 10.9. The van der Waals surface area contributed by atoms with Crippen LogP contribution in [-0.4, -0.2) is 20.0 Å². The monoisotopic (exact) mass is 253 g/mol. The van der Waals surface area contributed by atoms with Crippen molar-refractivity contribution in [2.24, 2.45) is 5.73 Å². The summed E-state index contributed by atoms with van der Waals surface area (Å²) >= 11 is 0. The van der Waals surface area contributed by atoms with Crippen LogP contribution in [0.4, 0.5) is 0 Å². The Morgan fingerprint density at radius 2 is 2.11 bits per heavy atom. The van der Waals surface area contributed by atoms with Crippen molar-refractivity contribution in [3.05, 3.63) is 47.9 Å². The maximum atomic E-state index is 5.87. The molecule has 0 saturated heterocycles. The van der Waals surface area contributed by atoms with Gasteiger partial charge in [0.1, 0.15) is 5.69 Å². The lowest BCUT2D eigenvalue weighted by molar-refractivity contribution is 0.757. The normalized spacial score (nSPS) is 12.8. The van der Waals surface area contributed by atoms with E-state index in [0.717, 1.165) is 28.0 Å². The lowest BCUT2D eigenvalue weighted by Gasteiger charge is -2.06. The number of aromatic nitrogens is 4. The molecule has 0 aliphatic rings. The van der Waals surface area contributed by atoms with Gasteiger partial charge in [-0.15, -0.1) is 5.10 Å². The third-order valence-electron chi connectivity index (χ3n) is 3.19. The molecule has 0 amide bonds. The van der Waals surface area contributed by atoms with Crippen LogP contribution in [0.25, 0.3) is 16.6 Å². The number of nitrogens with zero attached hydrogens (tertiary/aromatic N) is 4. The number of nitrogens with two attached hydrogens (primary N) is 1. The highest BCUT2D eigenvalue weighted by molar-refractivity contribution is 5.80. The van der Waals surface area contributed by atoms with E-state index in [9.17, 15) is 0 Å². The molecule has 5 nitrogen and oxygen atoms in total. The van der Waals surface area contributed by atoms with E-state index >= 15 is 0 Å². The second kappa shape index (κ2) is 4.44. The van der Waals surface area contributed by atoms with Crippen LogP contribution in [-0.2, 0) is 0 Å². The summed E-state index contributed by atoms with van der Waals surface area (Å²) in [6, 6.07) is 9.86. The molecule has 5 heteroatoms. The number of hydrogen-bond acceptors (Lipinski definition) is 4. The Balaban J connectivity index is 2.14. The summed E-state index contributed by atoms with van der Waals surface area (Å²) in [5.74, 6) is 0. The van der Waals surface area contributed by atoms with Crippen molar-refractivity contribution in [1.82, 2.24) is 20.0 Å². The smallest absolute Gasteiger partial charge is 0.102 e. The van der Waals surface area contributed by atoms with Crippen molar-refractivity contribution < 1.29 is 0 Å². The fraction of sp³-hybridized carbons (Fsp3) is 0.214. The van der Waals surface area contributed by atoms with Gasteiger partial charge in [0.05, 0.1) is 16.9 Å². The molecular formula is C14H15N5. The summed E-state index contributed by atoms with van der Waals surface area (Å²) in [6.45, 7) is 3.89. The van der Waals surface area contributed by atoms with Crippen molar-refractivity contribution >= 4 is 10.9 Å². The fourth-order valence-electron chi connectivity index (χ4n) is 2.20. The topological polar surface area (TPSA) is 69.6 Å². The van der Waals surface area contributed by atoms with Gasteiger partial charge in [0.15, 0.2) is 0 Å². The molecule has 1 unspecified atom stereocenters. The van der Waals surface area contributed by atoms with Gasteiger partial charge in [0, 0.05) is 17.6 Å². The molecule has 3 rings (SSSR count). The van der Waals surface area contributed by atoms with E-state index in [-0.39, 0.29) is 6.04 Å². The summed E-state index contributed by atoms with van der Waals surface area (Å²) in [6.07, 6.45) is 1.79. The molecule has 2 N–H and O–H groups in total. The zero-order valence-corrected chi connectivity index (χ0v) is 10.9. The molecular weight excluding hydrogens is 238 g/mol. The third kappa shape index (κ3) is 1.98. The van der Waals surface area contributed by atoms with Gasteiger partial charge in [-0.05, 0) is 38.1 Å². The third-order valence-corrected chi connectivity index (χ3v) is 3.19. The summed E-state index contributed by atoms with van der Waals surface area (Å²) < 4.78 is 1.81. The first-order valence-electron chi connectivity index (χ1n) is 6.20. The summed E-state index contributed by atoms with van der Waals surface area (Å²) in [5.41, 5.74) is 9.61. The van der Waals surface area contributed by atoms with Crippen LogP contribution in [0.1, 0.15) is 24.4 Å². The van der Waals surface area contributed by atoms with E-state index in [4.69, 9.17) is 5.73 Å². The van der Waals surface area contributed by atoms with Gasteiger partial charge >= 0.3 is 0 Å². The van der Waals surface area contributed by atoms with Crippen molar-refractivity contribution in [2.75, 3.05) is 0 Å². The minimum absolute atomic E-state index is 0.115. The maximum absolute atomic E-state index is 5.87. The Morgan fingerprint density at radius 1 is 1.26 bits per heavy atom. The molecule has 0 aliphatic heterocycles. The van der Waals surface area contributed by atoms with Gasteiger partial charge in [0.25, 0.3) is 0 Å². The Hall–Kier alpha value is -2.27. The number of benzene rings is 1. The molecule has 2 heterocycles. The van der Waals surface area contributed by atoms with Gasteiger partial charge in [-0.2, -0.15) is 0 Å². The van der Waals surface area contributed by atoms with Crippen LogP contribution in [0.3, 0.4) is 0 Å². The molecule has 19 heavy (non-hydrogen) atoms. The minimum Gasteiger partial charge on any atom is -0.323 e. The molecule has 1 aromatic carbocycles. The van der Waals surface area contributed by atoms with Gasteiger partial charge < -0.3 is 5.73 Å².